The number of hydrogen-bond donors (Lipinski definition) is 1. The van der Waals surface area contributed by atoms with Gasteiger partial charge in [-0.25, -0.2) is 0 Å². The van der Waals surface area contributed by atoms with Crippen LogP contribution in [0, 0.1) is 0 Å². The van der Waals surface area contributed by atoms with Crippen LogP contribution in [0.4, 0.5) is 5.69 Å². The first kappa shape index (κ1) is 20.6. The maximum atomic E-state index is 12.1. The number of ether oxygens (including phenoxy) is 3. The molecule has 0 unspecified atom stereocenters. The molecule has 1 aliphatic heterocycles. The highest BCUT2D eigenvalue weighted by atomic mass is 16.6. The largest absolute Gasteiger partial charge is 0.493 e. The number of methoxy groups -OCH3 is 1. The van der Waals surface area contributed by atoms with Crippen LogP contribution in [0.3, 0.4) is 0 Å². The maximum Gasteiger partial charge on any atom is 0.244 e. The molecule has 0 saturated heterocycles. The summed E-state index contributed by atoms with van der Waals surface area (Å²) in [5, 5.41) is 2.94. The van der Waals surface area contributed by atoms with Gasteiger partial charge in [-0.2, -0.15) is 0 Å². The van der Waals surface area contributed by atoms with Crippen LogP contribution < -0.4 is 24.4 Å². The summed E-state index contributed by atoms with van der Waals surface area (Å²) < 4.78 is 16.6. The van der Waals surface area contributed by atoms with E-state index in [1.54, 1.807) is 13.2 Å². The molecule has 2 aromatic carbocycles. The van der Waals surface area contributed by atoms with Gasteiger partial charge in [0.1, 0.15) is 13.2 Å². The molecule has 0 fully saturated rings. The van der Waals surface area contributed by atoms with Gasteiger partial charge in [0, 0.05) is 31.4 Å². The molecule has 1 N–H and O–H groups in total. The Morgan fingerprint density at radius 3 is 2.76 bits per heavy atom. The van der Waals surface area contributed by atoms with Gasteiger partial charge in [-0.15, -0.1) is 0 Å². The highest BCUT2D eigenvalue weighted by Crippen LogP contribution is 2.40. The van der Waals surface area contributed by atoms with E-state index in [-0.39, 0.29) is 5.91 Å². The van der Waals surface area contributed by atoms with Gasteiger partial charge in [-0.3, -0.25) is 4.79 Å². The van der Waals surface area contributed by atoms with Crippen LogP contribution in [0.1, 0.15) is 18.9 Å². The van der Waals surface area contributed by atoms with E-state index in [9.17, 15) is 4.79 Å². The van der Waals surface area contributed by atoms with Crippen molar-refractivity contribution in [3.8, 4) is 17.2 Å². The lowest BCUT2D eigenvalue weighted by atomic mass is 10.1. The van der Waals surface area contributed by atoms with Crippen molar-refractivity contribution in [3.63, 3.8) is 0 Å². The smallest absolute Gasteiger partial charge is 0.244 e. The van der Waals surface area contributed by atoms with E-state index >= 15 is 0 Å². The number of hydrogen-bond acceptors (Lipinski definition) is 5. The number of rotatable bonds is 9. The molecule has 0 spiro atoms. The predicted octanol–water partition coefficient (Wildman–Crippen LogP) is 3.51. The Kier molecular flexibility index (Phi) is 7.39. The third kappa shape index (κ3) is 5.67. The second kappa shape index (κ2) is 10.4. The van der Waals surface area contributed by atoms with Crippen molar-refractivity contribution in [2.24, 2.45) is 0 Å². The molecule has 1 aliphatic rings. The molecule has 3 rings (SSSR count). The van der Waals surface area contributed by atoms with E-state index < -0.39 is 0 Å². The first-order chi connectivity index (χ1) is 14.2. The molecule has 0 atom stereocenters. The Hall–Kier alpha value is -3.15. The number of nitrogens with zero attached hydrogens (tertiary/aromatic N) is 1. The molecule has 1 heterocycles. The number of amides is 1. The lowest BCUT2D eigenvalue weighted by Crippen LogP contribution is -2.29. The summed E-state index contributed by atoms with van der Waals surface area (Å²) in [6.45, 7) is 5.59. The fourth-order valence-electron chi connectivity index (χ4n) is 3.21. The Bertz CT molecular complexity index is 819. The minimum atomic E-state index is -0.124. The van der Waals surface area contributed by atoms with Crippen LogP contribution in [0.15, 0.2) is 48.5 Å². The minimum Gasteiger partial charge on any atom is -0.493 e. The van der Waals surface area contributed by atoms with E-state index in [1.165, 1.54) is 11.8 Å². The van der Waals surface area contributed by atoms with Crippen molar-refractivity contribution < 1.29 is 19.0 Å². The monoisotopic (exact) mass is 396 g/mol. The van der Waals surface area contributed by atoms with Gasteiger partial charge < -0.3 is 24.4 Å². The fraction of sp³-hybridized carbons (Fsp3) is 0.348. The Morgan fingerprint density at radius 1 is 1.21 bits per heavy atom. The zero-order valence-electron chi connectivity index (χ0n) is 17.0. The number of fused-ring (bicyclic) bond motifs is 1. The van der Waals surface area contributed by atoms with E-state index in [4.69, 9.17) is 14.2 Å². The van der Waals surface area contributed by atoms with E-state index in [0.29, 0.717) is 37.0 Å². The van der Waals surface area contributed by atoms with Gasteiger partial charge in [-0.05, 0) is 49.2 Å². The van der Waals surface area contributed by atoms with E-state index in [2.05, 4.69) is 29.3 Å². The highest BCUT2D eigenvalue weighted by Gasteiger charge is 2.17. The van der Waals surface area contributed by atoms with Crippen LogP contribution in [-0.4, -0.2) is 45.9 Å². The second-order valence-electron chi connectivity index (χ2n) is 6.64. The average molecular weight is 396 g/mol. The summed E-state index contributed by atoms with van der Waals surface area (Å²) in [5.41, 5.74) is 2.02. The van der Waals surface area contributed by atoms with Gasteiger partial charge in [-0.1, -0.05) is 18.2 Å². The van der Waals surface area contributed by atoms with Gasteiger partial charge >= 0.3 is 0 Å². The van der Waals surface area contributed by atoms with Crippen molar-refractivity contribution in [1.29, 1.82) is 0 Å². The molecule has 0 saturated carbocycles. The lowest BCUT2D eigenvalue weighted by Gasteiger charge is -2.23. The molecule has 0 aromatic heterocycles. The van der Waals surface area contributed by atoms with Crippen molar-refractivity contribution in [1.82, 2.24) is 5.32 Å². The Balaban J connectivity index is 1.49. The standard InChI is InChI=1S/C23H28N2O4/c1-3-25(19-8-5-4-6-9-19)13-7-12-24-22(26)11-10-18-16-20(27-2)23-21(17-18)28-14-15-29-23/h4-6,8-11,16-17H,3,7,12-15H2,1-2H3,(H,24,26)/b11-10+. The van der Waals surface area contributed by atoms with Crippen molar-refractivity contribution in [2.45, 2.75) is 13.3 Å². The molecule has 6 heteroatoms. The van der Waals surface area contributed by atoms with Gasteiger partial charge in [0.15, 0.2) is 11.5 Å². The number of anilines is 1. The Morgan fingerprint density at radius 2 is 2.00 bits per heavy atom. The summed E-state index contributed by atoms with van der Waals surface area (Å²) in [7, 11) is 1.59. The first-order valence-corrected chi connectivity index (χ1v) is 9.94. The topological polar surface area (TPSA) is 60.0 Å². The first-order valence-electron chi connectivity index (χ1n) is 9.94. The highest BCUT2D eigenvalue weighted by molar-refractivity contribution is 5.91. The summed E-state index contributed by atoms with van der Waals surface area (Å²) in [6.07, 6.45) is 4.15. The quantitative estimate of drug-likeness (QED) is 0.519. The normalized spacial score (nSPS) is 12.6. The van der Waals surface area contributed by atoms with E-state index in [0.717, 1.165) is 25.1 Å². The molecule has 2 aromatic rings. The van der Waals surface area contributed by atoms with Crippen LogP contribution in [0.5, 0.6) is 17.2 Å². The van der Waals surface area contributed by atoms with Gasteiger partial charge in [0.25, 0.3) is 0 Å². The van der Waals surface area contributed by atoms with Crippen molar-refractivity contribution in [2.75, 3.05) is 44.9 Å². The zero-order valence-corrected chi connectivity index (χ0v) is 17.0. The van der Waals surface area contributed by atoms with Gasteiger partial charge in [0.05, 0.1) is 7.11 Å². The summed E-state index contributed by atoms with van der Waals surface area (Å²) >= 11 is 0. The molecule has 0 radical (unpaired) electrons. The van der Waals surface area contributed by atoms with Crippen LogP contribution in [0.2, 0.25) is 0 Å². The SMILES string of the molecule is CCN(CCCNC(=O)/C=C/c1cc(OC)c2c(c1)OCCO2)c1ccccc1. The summed E-state index contributed by atoms with van der Waals surface area (Å²) in [4.78, 5) is 14.4. The number of carbonyl (C=O) groups excluding carboxylic acids is 1. The van der Waals surface area contributed by atoms with Crippen molar-refractivity contribution in [3.05, 3.63) is 54.1 Å². The maximum absolute atomic E-state index is 12.1. The zero-order chi connectivity index (χ0) is 20.5. The fourth-order valence-corrected chi connectivity index (χ4v) is 3.21. The second-order valence-corrected chi connectivity index (χ2v) is 6.64. The molecule has 0 bridgehead atoms. The van der Waals surface area contributed by atoms with Crippen molar-refractivity contribution >= 4 is 17.7 Å². The van der Waals surface area contributed by atoms with E-state index in [1.807, 2.05) is 30.3 Å². The molecule has 154 valence electrons. The van der Waals surface area contributed by atoms with Gasteiger partial charge in [0.2, 0.25) is 11.7 Å². The predicted molar refractivity (Wildman–Crippen MR) is 115 cm³/mol. The number of nitrogens with one attached hydrogen (secondary N) is 1. The number of carbonyl (C=O) groups is 1. The molecule has 1 amide bonds. The third-order valence-electron chi connectivity index (χ3n) is 4.68. The molecular formula is C23H28N2O4. The van der Waals surface area contributed by atoms with Crippen LogP contribution in [0.25, 0.3) is 6.08 Å². The summed E-state index contributed by atoms with van der Waals surface area (Å²) in [5.74, 6) is 1.72. The minimum absolute atomic E-state index is 0.124. The molecule has 0 aliphatic carbocycles. The molecule has 6 nitrogen and oxygen atoms in total. The Labute approximate surface area is 172 Å². The number of para-hydroxylation sites is 1. The summed E-state index contributed by atoms with van der Waals surface area (Å²) in [6, 6.07) is 14.0. The molecule has 29 heavy (non-hydrogen) atoms. The average Bonchev–Trinajstić information content (AvgIpc) is 2.77. The van der Waals surface area contributed by atoms with Crippen LogP contribution in [-0.2, 0) is 4.79 Å². The molecular weight excluding hydrogens is 368 g/mol. The number of benzene rings is 2. The third-order valence-corrected chi connectivity index (χ3v) is 4.68. The van der Waals surface area contributed by atoms with Crippen LogP contribution >= 0.6 is 0 Å². The lowest BCUT2D eigenvalue weighted by molar-refractivity contribution is -0.116.